The van der Waals surface area contributed by atoms with Crippen molar-refractivity contribution in [2.45, 2.75) is 38.9 Å². The molecular formula is C15H24N4O3S. The van der Waals surface area contributed by atoms with E-state index in [1.807, 2.05) is 13.8 Å². The lowest BCUT2D eigenvalue weighted by Crippen LogP contribution is -2.60. The van der Waals surface area contributed by atoms with Crippen LogP contribution in [0.3, 0.4) is 0 Å². The van der Waals surface area contributed by atoms with Crippen LogP contribution in [-0.2, 0) is 21.2 Å². The Morgan fingerprint density at radius 1 is 1.35 bits per heavy atom. The standard InChI is InChI=1S/C15H24N4O3S/c1-11(2)5-15(20)19-4-3-18(7-12-6-16-10-17-12)13-8-23(21,22)9-14(13)19/h6,10-11,13-14H,3-5,7-9H2,1-2H3,(H,16,17)/t13-,14+/m1/s1. The molecule has 2 aliphatic rings. The van der Waals surface area contributed by atoms with Gasteiger partial charge in [0.15, 0.2) is 9.84 Å². The fourth-order valence-corrected chi connectivity index (χ4v) is 5.60. The Morgan fingerprint density at radius 3 is 2.74 bits per heavy atom. The highest BCUT2D eigenvalue weighted by atomic mass is 32.2. The third kappa shape index (κ3) is 3.58. The number of carbonyl (C=O) groups is 1. The number of H-pyrrole nitrogens is 1. The average molecular weight is 340 g/mol. The van der Waals surface area contributed by atoms with E-state index in [0.717, 1.165) is 5.69 Å². The fraction of sp³-hybridized carbons (Fsp3) is 0.733. The molecule has 2 saturated heterocycles. The highest BCUT2D eigenvalue weighted by molar-refractivity contribution is 7.91. The first-order valence-electron chi connectivity index (χ1n) is 8.07. The van der Waals surface area contributed by atoms with Gasteiger partial charge in [-0.25, -0.2) is 13.4 Å². The second-order valence-electron chi connectivity index (χ2n) is 6.94. The van der Waals surface area contributed by atoms with Crippen LogP contribution < -0.4 is 0 Å². The summed E-state index contributed by atoms with van der Waals surface area (Å²) in [7, 11) is -3.10. The number of fused-ring (bicyclic) bond motifs is 1. The van der Waals surface area contributed by atoms with E-state index in [2.05, 4.69) is 14.9 Å². The third-order valence-electron chi connectivity index (χ3n) is 4.62. The Balaban J connectivity index is 1.78. The molecule has 0 spiro atoms. The number of amides is 1. The number of hydrogen-bond acceptors (Lipinski definition) is 5. The first-order chi connectivity index (χ1) is 10.9. The van der Waals surface area contributed by atoms with Gasteiger partial charge in [0.05, 0.1) is 23.9 Å². The van der Waals surface area contributed by atoms with Gasteiger partial charge in [-0.15, -0.1) is 0 Å². The smallest absolute Gasteiger partial charge is 0.223 e. The molecule has 128 valence electrons. The summed E-state index contributed by atoms with van der Waals surface area (Å²) in [6.45, 7) is 5.95. The summed E-state index contributed by atoms with van der Waals surface area (Å²) < 4.78 is 24.3. The van der Waals surface area contributed by atoms with E-state index in [0.29, 0.717) is 26.1 Å². The zero-order valence-electron chi connectivity index (χ0n) is 13.6. The summed E-state index contributed by atoms with van der Waals surface area (Å²) >= 11 is 0. The van der Waals surface area contributed by atoms with E-state index < -0.39 is 9.84 Å². The van der Waals surface area contributed by atoms with Crippen LogP contribution in [0.2, 0.25) is 0 Å². The predicted molar refractivity (Wildman–Crippen MR) is 86.4 cm³/mol. The van der Waals surface area contributed by atoms with Gasteiger partial charge in [0.2, 0.25) is 5.91 Å². The topological polar surface area (TPSA) is 86.4 Å². The lowest BCUT2D eigenvalue weighted by atomic mass is 10.0. The molecule has 8 heteroatoms. The van der Waals surface area contributed by atoms with E-state index >= 15 is 0 Å². The molecule has 3 heterocycles. The summed E-state index contributed by atoms with van der Waals surface area (Å²) in [5.74, 6) is 0.577. The summed E-state index contributed by atoms with van der Waals surface area (Å²) in [5.41, 5.74) is 0.968. The molecule has 1 N–H and O–H groups in total. The zero-order valence-corrected chi connectivity index (χ0v) is 14.4. The molecule has 7 nitrogen and oxygen atoms in total. The lowest BCUT2D eigenvalue weighted by Gasteiger charge is -2.44. The predicted octanol–water partition coefficient (Wildman–Crippen LogP) is 0.266. The van der Waals surface area contributed by atoms with Crippen molar-refractivity contribution in [1.82, 2.24) is 19.8 Å². The minimum Gasteiger partial charge on any atom is -0.347 e. The van der Waals surface area contributed by atoms with Crippen LogP contribution >= 0.6 is 0 Å². The molecule has 2 aliphatic heterocycles. The normalized spacial score (nSPS) is 27.3. The van der Waals surface area contributed by atoms with Crippen LogP contribution in [0.25, 0.3) is 0 Å². The molecule has 1 amide bonds. The van der Waals surface area contributed by atoms with Crippen LogP contribution in [0.5, 0.6) is 0 Å². The molecule has 0 saturated carbocycles. The monoisotopic (exact) mass is 340 g/mol. The molecule has 0 radical (unpaired) electrons. The molecule has 0 aliphatic carbocycles. The molecular weight excluding hydrogens is 316 g/mol. The average Bonchev–Trinajstić information content (AvgIpc) is 3.04. The Labute approximate surface area is 137 Å². The van der Waals surface area contributed by atoms with Gasteiger partial charge in [-0.1, -0.05) is 13.8 Å². The Hall–Kier alpha value is -1.41. The number of aromatic nitrogens is 2. The maximum absolute atomic E-state index is 12.5. The van der Waals surface area contributed by atoms with Crippen LogP contribution in [0.15, 0.2) is 12.5 Å². The number of sulfone groups is 1. The van der Waals surface area contributed by atoms with Crippen molar-refractivity contribution in [2.75, 3.05) is 24.6 Å². The minimum absolute atomic E-state index is 0.0771. The Morgan fingerprint density at radius 2 is 2.09 bits per heavy atom. The zero-order chi connectivity index (χ0) is 16.6. The largest absolute Gasteiger partial charge is 0.347 e. The van der Waals surface area contributed by atoms with Gasteiger partial charge in [-0.2, -0.15) is 0 Å². The maximum atomic E-state index is 12.5. The second-order valence-corrected chi connectivity index (χ2v) is 9.10. The number of imidazole rings is 1. The van der Waals surface area contributed by atoms with Crippen LogP contribution in [0.4, 0.5) is 0 Å². The molecule has 0 bridgehead atoms. The van der Waals surface area contributed by atoms with Crippen molar-refractivity contribution in [3.63, 3.8) is 0 Å². The van der Waals surface area contributed by atoms with Crippen molar-refractivity contribution < 1.29 is 13.2 Å². The van der Waals surface area contributed by atoms with Crippen molar-refractivity contribution in [3.8, 4) is 0 Å². The Kier molecular flexibility index (Phi) is 4.46. The van der Waals surface area contributed by atoms with Crippen molar-refractivity contribution in [3.05, 3.63) is 18.2 Å². The van der Waals surface area contributed by atoms with E-state index in [-0.39, 0.29) is 35.4 Å². The van der Waals surface area contributed by atoms with Crippen LogP contribution in [0, 0.1) is 5.92 Å². The van der Waals surface area contributed by atoms with Gasteiger partial charge in [-0.05, 0) is 5.92 Å². The third-order valence-corrected chi connectivity index (χ3v) is 6.32. The second kappa shape index (κ2) is 6.24. The lowest BCUT2D eigenvalue weighted by molar-refractivity contribution is -0.137. The van der Waals surface area contributed by atoms with Gasteiger partial charge < -0.3 is 9.88 Å². The van der Waals surface area contributed by atoms with Crippen molar-refractivity contribution >= 4 is 15.7 Å². The number of aromatic amines is 1. The first kappa shape index (κ1) is 16.4. The number of piperazine rings is 1. The number of nitrogens with zero attached hydrogens (tertiary/aromatic N) is 3. The van der Waals surface area contributed by atoms with Crippen LogP contribution in [-0.4, -0.2) is 70.8 Å². The molecule has 1 aromatic heterocycles. The number of rotatable bonds is 4. The molecule has 0 unspecified atom stereocenters. The molecule has 2 fully saturated rings. The number of nitrogens with one attached hydrogen (secondary N) is 1. The van der Waals surface area contributed by atoms with E-state index in [1.54, 1.807) is 17.4 Å². The fourth-order valence-electron chi connectivity index (χ4n) is 3.59. The number of hydrogen-bond donors (Lipinski definition) is 1. The molecule has 1 aromatic rings. The van der Waals surface area contributed by atoms with Crippen molar-refractivity contribution in [2.24, 2.45) is 5.92 Å². The van der Waals surface area contributed by atoms with Gasteiger partial charge in [0, 0.05) is 44.0 Å². The first-order valence-corrected chi connectivity index (χ1v) is 9.89. The van der Waals surface area contributed by atoms with Gasteiger partial charge in [-0.3, -0.25) is 9.69 Å². The summed E-state index contributed by atoms with van der Waals surface area (Å²) in [6, 6.07) is -0.337. The molecule has 2 atom stereocenters. The summed E-state index contributed by atoms with van der Waals surface area (Å²) in [5, 5.41) is 0. The van der Waals surface area contributed by atoms with Gasteiger partial charge in [0.25, 0.3) is 0 Å². The maximum Gasteiger partial charge on any atom is 0.223 e. The molecule has 3 rings (SSSR count). The Bertz CT molecular complexity index is 656. The summed E-state index contributed by atoms with van der Waals surface area (Å²) in [6.07, 6.45) is 3.86. The molecule has 23 heavy (non-hydrogen) atoms. The highest BCUT2D eigenvalue weighted by Gasteiger charge is 2.47. The van der Waals surface area contributed by atoms with Crippen LogP contribution in [0.1, 0.15) is 26.0 Å². The van der Waals surface area contributed by atoms with E-state index in [1.165, 1.54) is 0 Å². The quantitative estimate of drug-likeness (QED) is 0.850. The minimum atomic E-state index is -3.10. The van der Waals surface area contributed by atoms with Gasteiger partial charge >= 0.3 is 0 Å². The highest BCUT2D eigenvalue weighted by Crippen LogP contribution is 2.28. The summed E-state index contributed by atoms with van der Waals surface area (Å²) in [4.78, 5) is 23.5. The van der Waals surface area contributed by atoms with Crippen molar-refractivity contribution in [1.29, 1.82) is 0 Å². The number of carbonyl (C=O) groups excluding carboxylic acids is 1. The molecule has 0 aromatic carbocycles. The van der Waals surface area contributed by atoms with E-state index in [9.17, 15) is 13.2 Å². The SMILES string of the molecule is CC(C)CC(=O)N1CCN(Cc2cnc[nH]2)[C@@H]2CS(=O)(=O)C[C@@H]21. The van der Waals surface area contributed by atoms with E-state index in [4.69, 9.17) is 0 Å². The van der Waals surface area contributed by atoms with Gasteiger partial charge in [0.1, 0.15) is 0 Å².